The molecule has 0 bridgehead atoms. The summed E-state index contributed by atoms with van der Waals surface area (Å²) in [5, 5.41) is 2.53. The standard InChI is InChI=1S/C12H14N2OS/c1-7-4-9(10-6-16-12(13)14-10)11(15-3)5-8(7)2/h4-6H,1-3H3,(H2,13,14). The summed E-state index contributed by atoms with van der Waals surface area (Å²) in [5.74, 6) is 0.841. The molecule has 4 heteroatoms. The number of thiazole rings is 1. The fourth-order valence-electron chi connectivity index (χ4n) is 1.57. The third kappa shape index (κ3) is 1.88. The second kappa shape index (κ2) is 4.14. The molecule has 0 unspecified atom stereocenters. The molecule has 1 aromatic carbocycles. The van der Waals surface area contributed by atoms with Crippen molar-refractivity contribution in [3.63, 3.8) is 0 Å². The van der Waals surface area contributed by atoms with Gasteiger partial charge in [0.2, 0.25) is 0 Å². The molecule has 2 aromatic rings. The van der Waals surface area contributed by atoms with Crippen LogP contribution in [0.15, 0.2) is 17.5 Å². The SMILES string of the molecule is COc1cc(C)c(C)cc1-c1csc(N)n1. The summed E-state index contributed by atoms with van der Waals surface area (Å²) in [6.45, 7) is 4.14. The minimum atomic E-state index is 0.579. The molecule has 1 aromatic heterocycles. The number of aromatic nitrogens is 1. The minimum Gasteiger partial charge on any atom is -0.496 e. The van der Waals surface area contributed by atoms with Crippen LogP contribution >= 0.6 is 11.3 Å². The lowest BCUT2D eigenvalue weighted by Gasteiger charge is -2.09. The van der Waals surface area contributed by atoms with Gasteiger partial charge in [-0.1, -0.05) is 0 Å². The number of anilines is 1. The predicted molar refractivity (Wildman–Crippen MR) is 68.0 cm³/mol. The van der Waals surface area contributed by atoms with Crippen molar-refractivity contribution in [3.8, 4) is 17.0 Å². The van der Waals surface area contributed by atoms with Crippen LogP contribution in [0.5, 0.6) is 5.75 Å². The molecule has 84 valence electrons. The quantitative estimate of drug-likeness (QED) is 0.869. The van der Waals surface area contributed by atoms with Crippen LogP contribution < -0.4 is 10.5 Å². The number of hydrogen-bond acceptors (Lipinski definition) is 4. The lowest BCUT2D eigenvalue weighted by molar-refractivity contribution is 0.416. The second-order valence-corrected chi connectivity index (χ2v) is 4.60. The Bertz CT molecular complexity index is 520. The van der Waals surface area contributed by atoms with E-state index in [9.17, 15) is 0 Å². The van der Waals surface area contributed by atoms with Crippen LogP contribution in [-0.4, -0.2) is 12.1 Å². The van der Waals surface area contributed by atoms with Crippen molar-refractivity contribution in [2.24, 2.45) is 0 Å². The summed E-state index contributed by atoms with van der Waals surface area (Å²) in [6.07, 6.45) is 0. The molecule has 16 heavy (non-hydrogen) atoms. The van der Waals surface area contributed by atoms with Gasteiger partial charge in [0.25, 0.3) is 0 Å². The van der Waals surface area contributed by atoms with E-state index in [-0.39, 0.29) is 0 Å². The number of nitrogens with zero attached hydrogens (tertiary/aromatic N) is 1. The van der Waals surface area contributed by atoms with Gasteiger partial charge in [0.15, 0.2) is 5.13 Å². The van der Waals surface area contributed by atoms with Gasteiger partial charge < -0.3 is 10.5 Å². The Labute approximate surface area is 98.9 Å². The molecule has 0 saturated heterocycles. The predicted octanol–water partition coefficient (Wildman–Crippen LogP) is 3.02. The third-order valence-corrected chi connectivity index (χ3v) is 3.29. The molecule has 0 amide bonds. The van der Waals surface area contributed by atoms with Gasteiger partial charge >= 0.3 is 0 Å². The average molecular weight is 234 g/mol. The number of methoxy groups -OCH3 is 1. The van der Waals surface area contributed by atoms with E-state index in [1.165, 1.54) is 22.5 Å². The largest absolute Gasteiger partial charge is 0.496 e. The molecule has 0 aliphatic carbocycles. The normalized spacial score (nSPS) is 10.4. The van der Waals surface area contributed by atoms with Crippen molar-refractivity contribution in [1.82, 2.24) is 4.98 Å². The number of aryl methyl sites for hydroxylation is 2. The van der Waals surface area contributed by atoms with Gasteiger partial charge in [0, 0.05) is 10.9 Å². The number of rotatable bonds is 2. The highest BCUT2D eigenvalue weighted by atomic mass is 32.1. The Morgan fingerprint density at radius 3 is 2.50 bits per heavy atom. The zero-order chi connectivity index (χ0) is 11.7. The highest BCUT2D eigenvalue weighted by molar-refractivity contribution is 7.13. The van der Waals surface area contributed by atoms with Gasteiger partial charge in [-0.3, -0.25) is 0 Å². The monoisotopic (exact) mass is 234 g/mol. The number of ether oxygens (including phenoxy) is 1. The van der Waals surface area contributed by atoms with Crippen LogP contribution in [0, 0.1) is 13.8 Å². The Hall–Kier alpha value is -1.55. The number of nitrogen functional groups attached to an aromatic ring is 1. The van der Waals surface area contributed by atoms with Gasteiger partial charge in [-0.2, -0.15) is 0 Å². The molecule has 0 radical (unpaired) electrons. The highest BCUT2D eigenvalue weighted by Crippen LogP contribution is 2.33. The van der Waals surface area contributed by atoms with Crippen molar-refractivity contribution in [3.05, 3.63) is 28.6 Å². The molecule has 2 rings (SSSR count). The summed E-state index contributed by atoms with van der Waals surface area (Å²) in [5.41, 5.74) is 9.95. The summed E-state index contributed by atoms with van der Waals surface area (Å²) >= 11 is 1.44. The molecule has 0 aliphatic rings. The molecule has 0 fully saturated rings. The van der Waals surface area contributed by atoms with Gasteiger partial charge in [0.05, 0.1) is 12.8 Å². The molecule has 0 atom stereocenters. The van der Waals surface area contributed by atoms with Gasteiger partial charge in [-0.25, -0.2) is 4.98 Å². The van der Waals surface area contributed by atoms with Crippen LogP contribution in [0.2, 0.25) is 0 Å². The zero-order valence-corrected chi connectivity index (χ0v) is 10.4. The summed E-state index contributed by atoms with van der Waals surface area (Å²) < 4.78 is 5.37. The number of benzene rings is 1. The molecule has 1 heterocycles. The van der Waals surface area contributed by atoms with E-state index in [4.69, 9.17) is 10.5 Å². The molecule has 3 nitrogen and oxygen atoms in total. The van der Waals surface area contributed by atoms with Crippen molar-refractivity contribution in [2.75, 3.05) is 12.8 Å². The Morgan fingerprint density at radius 1 is 1.25 bits per heavy atom. The molecule has 2 N–H and O–H groups in total. The Kier molecular flexibility index (Phi) is 2.83. The van der Waals surface area contributed by atoms with Gasteiger partial charge in [-0.05, 0) is 37.1 Å². The first-order valence-corrected chi connectivity index (χ1v) is 5.86. The maximum atomic E-state index is 5.64. The van der Waals surface area contributed by atoms with E-state index >= 15 is 0 Å². The molecule has 0 spiro atoms. The smallest absolute Gasteiger partial charge is 0.180 e. The van der Waals surface area contributed by atoms with Crippen molar-refractivity contribution < 1.29 is 4.74 Å². The summed E-state index contributed by atoms with van der Waals surface area (Å²) in [6, 6.07) is 4.11. The Morgan fingerprint density at radius 2 is 1.94 bits per heavy atom. The van der Waals surface area contributed by atoms with Crippen molar-refractivity contribution >= 4 is 16.5 Å². The zero-order valence-electron chi connectivity index (χ0n) is 9.57. The summed E-state index contributed by atoms with van der Waals surface area (Å²) in [4.78, 5) is 4.28. The first kappa shape index (κ1) is 11.0. The van der Waals surface area contributed by atoms with E-state index in [0.29, 0.717) is 5.13 Å². The fourth-order valence-corrected chi connectivity index (χ4v) is 2.13. The topological polar surface area (TPSA) is 48.1 Å². The van der Waals surface area contributed by atoms with E-state index in [2.05, 4.69) is 24.9 Å². The van der Waals surface area contributed by atoms with Gasteiger partial charge in [-0.15, -0.1) is 11.3 Å². The molecular formula is C12H14N2OS. The first-order chi connectivity index (χ1) is 7.61. The van der Waals surface area contributed by atoms with Crippen LogP contribution in [0.3, 0.4) is 0 Å². The molecular weight excluding hydrogens is 220 g/mol. The molecule has 0 aliphatic heterocycles. The summed E-state index contributed by atoms with van der Waals surface area (Å²) in [7, 11) is 1.67. The average Bonchev–Trinajstić information content (AvgIpc) is 2.68. The van der Waals surface area contributed by atoms with Crippen LogP contribution in [0.25, 0.3) is 11.3 Å². The highest BCUT2D eigenvalue weighted by Gasteiger charge is 2.10. The number of nitrogens with two attached hydrogens (primary N) is 1. The third-order valence-electron chi connectivity index (χ3n) is 2.61. The van der Waals surface area contributed by atoms with E-state index in [1.807, 2.05) is 11.4 Å². The van der Waals surface area contributed by atoms with Crippen molar-refractivity contribution in [1.29, 1.82) is 0 Å². The van der Waals surface area contributed by atoms with E-state index < -0.39 is 0 Å². The molecule has 0 saturated carbocycles. The fraction of sp³-hybridized carbons (Fsp3) is 0.250. The van der Waals surface area contributed by atoms with Crippen LogP contribution in [0.4, 0.5) is 5.13 Å². The van der Waals surface area contributed by atoms with E-state index in [0.717, 1.165) is 17.0 Å². The minimum absolute atomic E-state index is 0.579. The number of hydrogen-bond donors (Lipinski definition) is 1. The maximum Gasteiger partial charge on any atom is 0.180 e. The lowest BCUT2D eigenvalue weighted by Crippen LogP contribution is -1.92. The van der Waals surface area contributed by atoms with Gasteiger partial charge in [0.1, 0.15) is 5.75 Å². The maximum absolute atomic E-state index is 5.64. The Balaban J connectivity index is 2.59. The van der Waals surface area contributed by atoms with Crippen LogP contribution in [-0.2, 0) is 0 Å². The first-order valence-electron chi connectivity index (χ1n) is 4.98. The second-order valence-electron chi connectivity index (χ2n) is 3.71. The van der Waals surface area contributed by atoms with E-state index in [1.54, 1.807) is 7.11 Å². The lowest BCUT2D eigenvalue weighted by atomic mass is 10.0. The van der Waals surface area contributed by atoms with Crippen LogP contribution in [0.1, 0.15) is 11.1 Å². The van der Waals surface area contributed by atoms with Crippen molar-refractivity contribution in [2.45, 2.75) is 13.8 Å².